The van der Waals surface area contributed by atoms with Gasteiger partial charge in [0.2, 0.25) is 5.95 Å². The summed E-state index contributed by atoms with van der Waals surface area (Å²) in [7, 11) is 0. The van der Waals surface area contributed by atoms with Crippen LogP contribution in [0.3, 0.4) is 0 Å². The first-order valence-corrected chi connectivity index (χ1v) is 14.0. The largest absolute Gasteiger partial charge is 0.492 e. The summed E-state index contributed by atoms with van der Waals surface area (Å²) in [5.41, 5.74) is 4.05. The molecule has 5 aromatic rings. The fourth-order valence-corrected chi connectivity index (χ4v) is 6.04. The molecule has 0 aliphatic carbocycles. The molecule has 0 spiro atoms. The average molecular weight is 532 g/mol. The highest BCUT2D eigenvalue weighted by atomic mass is 16.5. The second kappa shape index (κ2) is 10.6. The molecule has 0 amide bonds. The Morgan fingerprint density at radius 1 is 0.925 bits per heavy atom. The lowest BCUT2D eigenvalue weighted by molar-refractivity contribution is 0.187. The number of piperazine rings is 1. The van der Waals surface area contributed by atoms with E-state index in [1.54, 1.807) is 0 Å². The number of hydrogen-bond acceptors (Lipinski definition) is 7. The van der Waals surface area contributed by atoms with E-state index in [1.807, 2.05) is 61.1 Å². The van der Waals surface area contributed by atoms with Crippen molar-refractivity contribution in [3.05, 3.63) is 103 Å². The average Bonchev–Trinajstić information content (AvgIpc) is 3.74. The van der Waals surface area contributed by atoms with Crippen LogP contribution in [-0.2, 0) is 0 Å². The monoisotopic (exact) mass is 531 g/mol. The van der Waals surface area contributed by atoms with Crippen LogP contribution in [0.15, 0.2) is 97.5 Å². The van der Waals surface area contributed by atoms with E-state index in [1.165, 1.54) is 5.56 Å². The summed E-state index contributed by atoms with van der Waals surface area (Å²) in [5.74, 6) is 2.72. The Morgan fingerprint density at radius 2 is 1.75 bits per heavy atom. The minimum Gasteiger partial charge on any atom is -0.492 e. The fourth-order valence-electron chi connectivity index (χ4n) is 6.04. The lowest BCUT2D eigenvalue weighted by atomic mass is 10.1. The Kier molecular flexibility index (Phi) is 6.53. The van der Waals surface area contributed by atoms with Crippen LogP contribution < -0.4 is 15.0 Å². The molecule has 2 saturated heterocycles. The number of para-hydroxylation sites is 1. The van der Waals surface area contributed by atoms with Gasteiger partial charge in [0, 0.05) is 68.0 Å². The summed E-state index contributed by atoms with van der Waals surface area (Å²) in [6.07, 6.45) is 6.86. The Morgan fingerprint density at radius 3 is 2.55 bits per heavy atom. The first-order valence-electron chi connectivity index (χ1n) is 14.0. The highest BCUT2D eigenvalue weighted by molar-refractivity contribution is 5.68. The number of rotatable bonds is 9. The van der Waals surface area contributed by atoms with E-state index >= 15 is 0 Å². The van der Waals surface area contributed by atoms with Crippen molar-refractivity contribution >= 4 is 17.4 Å². The molecule has 2 bridgehead atoms. The second-order valence-electron chi connectivity index (χ2n) is 10.7. The third kappa shape index (κ3) is 4.86. The number of likely N-dealkylation sites (tertiary alicyclic amines) is 1. The van der Waals surface area contributed by atoms with Gasteiger partial charge < -0.3 is 15.0 Å². The molecule has 0 saturated carbocycles. The van der Waals surface area contributed by atoms with Crippen LogP contribution in [0.1, 0.15) is 24.9 Å². The summed E-state index contributed by atoms with van der Waals surface area (Å²) >= 11 is 0. The summed E-state index contributed by atoms with van der Waals surface area (Å²) in [5, 5.41) is 3.54. The van der Waals surface area contributed by atoms with E-state index in [2.05, 4.69) is 72.8 Å². The van der Waals surface area contributed by atoms with Gasteiger partial charge in [-0.05, 0) is 43.2 Å². The smallest absolute Gasteiger partial charge is 0.212 e. The number of pyridine rings is 1. The fraction of sp³-hybridized carbons (Fsp3) is 0.281. The third-order valence-electron chi connectivity index (χ3n) is 8.09. The van der Waals surface area contributed by atoms with E-state index in [-0.39, 0.29) is 6.04 Å². The number of nitrogens with zero attached hydrogens (tertiary/aromatic N) is 6. The predicted octanol–water partition coefficient (Wildman–Crippen LogP) is 5.31. The Labute approximate surface area is 234 Å². The summed E-state index contributed by atoms with van der Waals surface area (Å²) in [4.78, 5) is 19.4. The maximum atomic E-state index is 5.97. The van der Waals surface area contributed by atoms with Gasteiger partial charge in [0.25, 0.3) is 0 Å². The van der Waals surface area contributed by atoms with Crippen molar-refractivity contribution < 1.29 is 4.74 Å². The Balaban J connectivity index is 1.08. The van der Waals surface area contributed by atoms with E-state index < -0.39 is 0 Å². The van der Waals surface area contributed by atoms with Gasteiger partial charge in [0.1, 0.15) is 23.8 Å². The molecule has 5 heterocycles. The van der Waals surface area contributed by atoms with Crippen LogP contribution in [0, 0.1) is 0 Å². The topological polar surface area (TPSA) is 70.8 Å². The second-order valence-corrected chi connectivity index (χ2v) is 10.7. The molecule has 202 valence electrons. The Bertz CT molecular complexity index is 1590. The number of ether oxygens (including phenoxy) is 1. The normalized spacial score (nSPS) is 19.3. The van der Waals surface area contributed by atoms with Gasteiger partial charge in [-0.15, -0.1) is 0 Å². The molecule has 2 fully saturated rings. The lowest BCUT2D eigenvalue weighted by Crippen LogP contribution is -2.48. The van der Waals surface area contributed by atoms with Crippen LogP contribution in [0.25, 0.3) is 16.9 Å². The maximum absolute atomic E-state index is 5.97. The minimum atomic E-state index is 0.142. The molecule has 3 atom stereocenters. The van der Waals surface area contributed by atoms with Gasteiger partial charge in [0.15, 0.2) is 0 Å². The quantitative estimate of drug-likeness (QED) is 0.277. The van der Waals surface area contributed by atoms with Gasteiger partial charge in [-0.25, -0.2) is 15.0 Å². The van der Waals surface area contributed by atoms with Crippen molar-refractivity contribution in [1.82, 2.24) is 24.3 Å². The molecule has 8 heteroatoms. The zero-order valence-electron chi connectivity index (χ0n) is 22.6. The number of fused-ring (bicyclic) bond motifs is 3. The number of imidazole rings is 1. The van der Waals surface area contributed by atoms with E-state index in [0.717, 1.165) is 60.5 Å². The Hall–Kier alpha value is -4.43. The standard InChI is InChI=1S/C32H33N7O/c1-23(24-8-4-2-5-9-24)35-30-18-25(12-13-33-30)29-20-31-34-14-15-38(31)32(36-29)39-22-26-19-27(39)21-37(26)16-17-40-28-10-6-3-7-11-28/h2-15,18,20,23,26-27H,16-17,19,21-22H2,1H3,(H,33,35)/t23-,26-,27-/m0/s1. The van der Waals surface area contributed by atoms with Crippen LogP contribution in [0.4, 0.5) is 11.8 Å². The first kappa shape index (κ1) is 24.6. The summed E-state index contributed by atoms with van der Waals surface area (Å²) in [6.45, 7) is 5.76. The molecule has 2 aliphatic rings. The number of anilines is 2. The molecule has 40 heavy (non-hydrogen) atoms. The van der Waals surface area contributed by atoms with E-state index in [4.69, 9.17) is 9.72 Å². The SMILES string of the molecule is C[C@H](Nc1cc(-c2cc3nccn3c(N3C[C@@H]4C[C@H]3CN4CCOc3ccccc3)n2)ccn1)c1ccccc1. The van der Waals surface area contributed by atoms with Gasteiger partial charge in [-0.3, -0.25) is 9.30 Å². The number of hydrogen-bond donors (Lipinski definition) is 1. The maximum Gasteiger partial charge on any atom is 0.212 e. The highest BCUT2D eigenvalue weighted by Crippen LogP contribution is 2.35. The third-order valence-corrected chi connectivity index (χ3v) is 8.09. The molecule has 0 unspecified atom stereocenters. The minimum absolute atomic E-state index is 0.142. The first-order chi connectivity index (χ1) is 19.7. The van der Waals surface area contributed by atoms with Crippen molar-refractivity contribution in [2.75, 3.05) is 36.5 Å². The summed E-state index contributed by atoms with van der Waals surface area (Å²) in [6, 6.07) is 27.7. The lowest BCUT2D eigenvalue weighted by Gasteiger charge is -2.35. The molecule has 7 rings (SSSR count). The number of benzene rings is 2. The molecular formula is C32H33N7O. The molecule has 0 radical (unpaired) electrons. The van der Waals surface area contributed by atoms with Crippen LogP contribution in [0.5, 0.6) is 5.75 Å². The van der Waals surface area contributed by atoms with Crippen molar-refractivity contribution in [3.8, 4) is 17.0 Å². The molecular weight excluding hydrogens is 498 g/mol. The van der Waals surface area contributed by atoms with Gasteiger partial charge in [-0.2, -0.15) is 0 Å². The zero-order valence-corrected chi connectivity index (χ0v) is 22.6. The highest BCUT2D eigenvalue weighted by Gasteiger charge is 2.44. The molecule has 2 aromatic carbocycles. The van der Waals surface area contributed by atoms with Crippen molar-refractivity contribution in [2.24, 2.45) is 0 Å². The van der Waals surface area contributed by atoms with Gasteiger partial charge in [-0.1, -0.05) is 48.5 Å². The molecule has 3 aromatic heterocycles. The number of nitrogens with one attached hydrogen (secondary N) is 1. The number of aromatic nitrogens is 4. The summed E-state index contributed by atoms with van der Waals surface area (Å²) < 4.78 is 8.08. The van der Waals surface area contributed by atoms with E-state index in [0.29, 0.717) is 18.7 Å². The van der Waals surface area contributed by atoms with E-state index in [9.17, 15) is 0 Å². The zero-order chi connectivity index (χ0) is 26.9. The predicted molar refractivity (Wildman–Crippen MR) is 158 cm³/mol. The van der Waals surface area contributed by atoms with Crippen molar-refractivity contribution in [2.45, 2.75) is 31.5 Å². The van der Waals surface area contributed by atoms with Crippen LogP contribution >= 0.6 is 0 Å². The molecule has 1 N–H and O–H groups in total. The van der Waals surface area contributed by atoms with Crippen LogP contribution in [0.2, 0.25) is 0 Å². The van der Waals surface area contributed by atoms with Crippen molar-refractivity contribution in [3.63, 3.8) is 0 Å². The van der Waals surface area contributed by atoms with Crippen LogP contribution in [-0.4, -0.2) is 62.6 Å². The van der Waals surface area contributed by atoms with Gasteiger partial charge in [0.05, 0.1) is 5.69 Å². The van der Waals surface area contributed by atoms with Gasteiger partial charge >= 0.3 is 0 Å². The molecule has 2 aliphatic heterocycles. The van der Waals surface area contributed by atoms with Crippen molar-refractivity contribution in [1.29, 1.82) is 0 Å². The molecule has 8 nitrogen and oxygen atoms in total.